The highest BCUT2D eigenvalue weighted by Gasteiger charge is 2.23. The van der Waals surface area contributed by atoms with Crippen LogP contribution in [0.25, 0.3) is 0 Å². The molecule has 0 bridgehead atoms. The molecule has 0 fully saturated rings. The monoisotopic (exact) mass is 285 g/mol. The summed E-state index contributed by atoms with van der Waals surface area (Å²) in [6, 6.07) is 1.97. The zero-order chi connectivity index (χ0) is 14.6. The molecule has 0 aliphatic heterocycles. The van der Waals surface area contributed by atoms with Gasteiger partial charge in [-0.05, 0) is 5.92 Å². The van der Waals surface area contributed by atoms with E-state index in [-0.39, 0.29) is 29.5 Å². The smallest absolute Gasteiger partial charge is 0.182 e. The maximum absolute atomic E-state index is 11.8. The largest absolute Gasteiger partial charge is 0.383 e. The molecule has 0 aromatic carbocycles. The van der Waals surface area contributed by atoms with Crippen molar-refractivity contribution in [2.24, 2.45) is 5.92 Å². The van der Waals surface area contributed by atoms with Gasteiger partial charge in [0.05, 0.1) is 19.0 Å². The maximum atomic E-state index is 11.8. The number of aromatic nitrogens is 2. The molecular formula is C11H19N5O2S. The first-order valence-electron chi connectivity index (χ1n) is 5.94. The van der Waals surface area contributed by atoms with Crippen molar-refractivity contribution < 1.29 is 8.42 Å². The fourth-order valence-electron chi connectivity index (χ4n) is 1.57. The van der Waals surface area contributed by atoms with Crippen molar-refractivity contribution in [3.63, 3.8) is 0 Å². The van der Waals surface area contributed by atoms with Gasteiger partial charge in [-0.1, -0.05) is 13.8 Å². The summed E-state index contributed by atoms with van der Waals surface area (Å²) in [5.74, 6) is 0.675. The molecule has 106 valence electrons. The standard InChI is InChI=1S/C11H19N5O2S/c1-8(2)7-14-11-9(19(3,17)18)10(13)16(15-11)6-4-5-12/h8H,4,6-7,13H2,1-3H3,(H,14,15). The maximum Gasteiger partial charge on any atom is 0.182 e. The predicted molar refractivity (Wildman–Crippen MR) is 73.3 cm³/mol. The van der Waals surface area contributed by atoms with Gasteiger partial charge in [-0.25, -0.2) is 13.1 Å². The number of rotatable bonds is 6. The van der Waals surface area contributed by atoms with Gasteiger partial charge in [-0.15, -0.1) is 0 Å². The Morgan fingerprint density at radius 1 is 1.53 bits per heavy atom. The van der Waals surface area contributed by atoms with Crippen LogP contribution < -0.4 is 11.1 Å². The molecular weight excluding hydrogens is 266 g/mol. The minimum Gasteiger partial charge on any atom is -0.383 e. The molecule has 0 spiro atoms. The van der Waals surface area contributed by atoms with Gasteiger partial charge in [-0.3, -0.25) is 0 Å². The average molecular weight is 285 g/mol. The van der Waals surface area contributed by atoms with Crippen LogP contribution in [0.5, 0.6) is 0 Å². The molecule has 7 nitrogen and oxygen atoms in total. The number of nitrogen functional groups attached to an aromatic ring is 1. The molecule has 0 radical (unpaired) electrons. The molecule has 0 aliphatic rings. The Labute approximate surface area is 113 Å². The van der Waals surface area contributed by atoms with Crippen molar-refractivity contribution in [2.75, 3.05) is 23.9 Å². The fraction of sp³-hybridized carbons (Fsp3) is 0.636. The minimum absolute atomic E-state index is 0.00564. The summed E-state index contributed by atoms with van der Waals surface area (Å²) < 4.78 is 24.9. The van der Waals surface area contributed by atoms with Crippen LogP contribution in [0, 0.1) is 17.2 Å². The highest BCUT2D eigenvalue weighted by molar-refractivity contribution is 7.91. The molecule has 0 saturated carbocycles. The lowest BCUT2D eigenvalue weighted by Crippen LogP contribution is -2.11. The number of nitrogens with zero attached hydrogens (tertiary/aromatic N) is 3. The topological polar surface area (TPSA) is 114 Å². The van der Waals surface area contributed by atoms with E-state index in [0.29, 0.717) is 12.5 Å². The molecule has 0 aliphatic carbocycles. The number of nitriles is 1. The normalized spacial score (nSPS) is 11.5. The number of anilines is 2. The highest BCUT2D eigenvalue weighted by atomic mass is 32.2. The van der Waals surface area contributed by atoms with Crippen LogP contribution in [0.1, 0.15) is 20.3 Å². The highest BCUT2D eigenvalue weighted by Crippen LogP contribution is 2.27. The van der Waals surface area contributed by atoms with Crippen molar-refractivity contribution in [1.82, 2.24) is 9.78 Å². The number of hydrogen-bond donors (Lipinski definition) is 2. The molecule has 0 amide bonds. The van der Waals surface area contributed by atoms with Gasteiger partial charge in [0.25, 0.3) is 0 Å². The van der Waals surface area contributed by atoms with Crippen molar-refractivity contribution in [3.8, 4) is 6.07 Å². The first kappa shape index (κ1) is 15.3. The Bertz CT molecular complexity index is 583. The number of aryl methyl sites for hydroxylation is 1. The van der Waals surface area contributed by atoms with E-state index >= 15 is 0 Å². The Morgan fingerprint density at radius 2 is 2.16 bits per heavy atom. The van der Waals surface area contributed by atoms with E-state index in [1.165, 1.54) is 4.68 Å². The van der Waals surface area contributed by atoms with Gasteiger partial charge in [0.2, 0.25) is 0 Å². The third-order valence-electron chi connectivity index (χ3n) is 2.43. The zero-order valence-electron chi connectivity index (χ0n) is 11.3. The molecule has 1 aromatic rings. The summed E-state index contributed by atoms with van der Waals surface area (Å²) in [4.78, 5) is 0.00564. The Kier molecular flexibility index (Phi) is 4.78. The summed E-state index contributed by atoms with van der Waals surface area (Å²) in [7, 11) is -3.47. The molecule has 3 N–H and O–H groups in total. The van der Waals surface area contributed by atoms with E-state index in [1.807, 2.05) is 19.9 Å². The molecule has 1 heterocycles. The van der Waals surface area contributed by atoms with Gasteiger partial charge >= 0.3 is 0 Å². The zero-order valence-corrected chi connectivity index (χ0v) is 12.2. The summed E-state index contributed by atoms with van der Waals surface area (Å²) in [6.45, 7) is 4.87. The SMILES string of the molecule is CC(C)CNc1nn(CCC#N)c(N)c1S(C)(=O)=O. The van der Waals surface area contributed by atoms with Crippen molar-refractivity contribution >= 4 is 21.5 Å². The third-order valence-corrected chi connectivity index (χ3v) is 3.57. The first-order valence-corrected chi connectivity index (χ1v) is 7.83. The van der Waals surface area contributed by atoms with Gasteiger partial charge in [0, 0.05) is 12.8 Å². The summed E-state index contributed by atoms with van der Waals surface area (Å²) in [6.07, 6.45) is 1.31. The summed E-state index contributed by atoms with van der Waals surface area (Å²) in [5.41, 5.74) is 5.81. The van der Waals surface area contributed by atoms with Crippen molar-refractivity contribution in [3.05, 3.63) is 0 Å². The lowest BCUT2D eigenvalue weighted by molar-refractivity contribution is 0.601. The number of hydrogen-bond acceptors (Lipinski definition) is 6. The molecule has 0 atom stereocenters. The molecule has 19 heavy (non-hydrogen) atoms. The molecule has 1 rings (SSSR count). The molecule has 8 heteroatoms. The Morgan fingerprint density at radius 3 is 2.63 bits per heavy atom. The summed E-state index contributed by atoms with van der Waals surface area (Å²) >= 11 is 0. The van der Waals surface area contributed by atoms with Gasteiger partial charge in [0.15, 0.2) is 20.6 Å². The molecule has 0 saturated heterocycles. The average Bonchev–Trinajstić information content (AvgIpc) is 2.60. The molecule has 0 unspecified atom stereocenters. The van der Waals surface area contributed by atoms with Crippen LogP contribution in [0.2, 0.25) is 0 Å². The van der Waals surface area contributed by atoms with Gasteiger partial charge in [0.1, 0.15) is 5.82 Å². The first-order chi connectivity index (χ1) is 8.77. The van der Waals surface area contributed by atoms with E-state index in [1.54, 1.807) is 0 Å². The van der Waals surface area contributed by atoms with E-state index in [4.69, 9.17) is 11.0 Å². The lowest BCUT2D eigenvalue weighted by atomic mass is 10.2. The van der Waals surface area contributed by atoms with Crippen LogP contribution in [-0.4, -0.2) is 31.0 Å². The second kappa shape index (κ2) is 5.93. The Balaban J connectivity index is 3.17. The van der Waals surface area contributed by atoms with E-state index in [2.05, 4.69) is 10.4 Å². The van der Waals surface area contributed by atoms with Gasteiger partial charge < -0.3 is 11.1 Å². The quantitative estimate of drug-likeness (QED) is 0.801. The van der Waals surface area contributed by atoms with Crippen molar-refractivity contribution in [1.29, 1.82) is 5.26 Å². The Hall–Kier alpha value is -1.75. The third kappa shape index (κ3) is 3.86. The second-order valence-corrected chi connectivity index (χ2v) is 6.69. The summed E-state index contributed by atoms with van der Waals surface area (Å²) in [5, 5.41) is 15.7. The number of sulfone groups is 1. The fourth-order valence-corrected chi connectivity index (χ4v) is 2.52. The lowest BCUT2D eigenvalue weighted by Gasteiger charge is -2.07. The minimum atomic E-state index is -3.47. The second-order valence-electron chi connectivity index (χ2n) is 4.74. The predicted octanol–water partition coefficient (Wildman–Crippen LogP) is 0.850. The van der Waals surface area contributed by atoms with Crippen molar-refractivity contribution in [2.45, 2.75) is 31.7 Å². The van der Waals surface area contributed by atoms with E-state index in [9.17, 15) is 8.42 Å². The van der Waals surface area contributed by atoms with E-state index in [0.717, 1.165) is 6.26 Å². The van der Waals surface area contributed by atoms with Crippen LogP contribution >= 0.6 is 0 Å². The van der Waals surface area contributed by atoms with Crippen LogP contribution in [0.15, 0.2) is 4.90 Å². The van der Waals surface area contributed by atoms with E-state index < -0.39 is 9.84 Å². The number of nitrogens with two attached hydrogens (primary N) is 1. The van der Waals surface area contributed by atoms with Crippen LogP contribution in [0.4, 0.5) is 11.6 Å². The van der Waals surface area contributed by atoms with Gasteiger partial charge in [-0.2, -0.15) is 10.4 Å². The number of nitrogens with one attached hydrogen (secondary N) is 1. The van der Waals surface area contributed by atoms with Crippen LogP contribution in [0.3, 0.4) is 0 Å². The van der Waals surface area contributed by atoms with Crippen LogP contribution in [-0.2, 0) is 16.4 Å². The molecule has 1 aromatic heterocycles.